The van der Waals surface area contributed by atoms with Gasteiger partial charge in [-0.05, 0) is 183 Å². The molecule has 0 radical (unpaired) electrons. The third-order valence-corrected chi connectivity index (χ3v) is 20.4. The minimum Gasteiger partial charge on any atom is -0.313 e. The van der Waals surface area contributed by atoms with E-state index < -0.39 is 0 Å². The second-order valence-electron chi connectivity index (χ2n) is 22.7. The van der Waals surface area contributed by atoms with Crippen LogP contribution in [0, 0.1) is 0 Å². The molecule has 0 spiro atoms. The number of para-hydroxylation sites is 2. The lowest BCUT2D eigenvalue weighted by Gasteiger charge is -2.30. The van der Waals surface area contributed by atoms with Crippen molar-refractivity contribution in [2.24, 2.45) is 0 Å². The summed E-state index contributed by atoms with van der Waals surface area (Å²) < 4.78 is 7.80. The molecule has 1 aliphatic rings. The zero-order valence-corrected chi connectivity index (χ0v) is 47.8. The van der Waals surface area contributed by atoms with Crippen molar-refractivity contribution < 1.29 is 0 Å². The lowest BCUT2D eigenvalue weighted by Crippen LogP contribution is -2.17. The van der Waals surface area contributed by atoms with Gasteiger partial charge in [0.2, 0.25) is 0 Å². The average molecular weight is 1120 g/mol. The highest BCUT2D eigenvalue weighted by Crippen LogP contribution is 2.49. The normalized spacial score (nSPS) is 13.0. The Hall–Kier alpha value is -10.3. The van der Waals surface area contributed by atoms with Crippen molar-refractivity contribution in [3.05, 3.63) is 296 Å². The van der Waals surface area contributed by atoms with Gasteiger partial charge in [-0.2, -0.15) is 0 Å². The van der Waals surface area contributed by atoms with Crippen LogP contribution in [0.2, 0.25) is 0 Å². The maximum atomic E-state index is 2.57. The van der Waals surface area contributed by atoms with Gasteiger partial charge in [-0.25, -0.2) is 0 Å². The number of allylic oxidation sites excluding steroid dienone is 4. The Labute approximate surface area is 499 Å². The van der Waals surface area contributed by atoms with Gasteiger partial charge in [-0.3, -0.25) is 0 Å². The molecule has 17 aromatic rings. The molecule has 0 atom stereocenters. The van der Waals surface area contributed by atoms with E-state index in [4.69, 9.17) is 0 Å². The minimum absolute atomic E-state index is 0.926. The molecule has 1 aliphatic carbocycles. The molecule has 13 aromatic carbocycles. The van der Waals surface area contributed by atoms with E-state index in [-0.39, 0.29) is 0 Å². The largest absolute Gasteiger partial charge is 0.313 e. The van der Waals surface area contributed by atoms with Crippen LogP contribution in [0.4, 0.5) is 28.4 Å². The lowest BCUT2D eigenvalue weighted by molar-refractivity contribution is 0.932. The van der Waals surface area contributed by atoms with Gasteiger partial charge in [0.05, 0.1) is 37.3 Å². The Morgan fingerprint density at radius 1 is 0.294 bits per heavy atom. The van der Waals surface area contributed by atoms with Gasteiger partial charge >= 0.3 is 0 Å². The standard InChI is InChI=1S/C80H51N3S2/c1-4-16-50(17-5-1)59-46-70-68-44-55-32-30-53(51-34-38-62(39-35-51)81(60-18-6-2-7-19-60)72-26-14-24-66-64-22-10-12-28-76(64)84-79(66)72)42-57(55)48-74(68)83-75-49-58-43-54(31-33-56(58)45-69(75)71(47-59)78(70)83)52-36-40-63(41-37-52)82(61-20-8-3-9-21-61)73-27-15-25-67-65-23-11-13-29-77(65)85-80(67)73/h1-36,38-40,42-49H,37,41H2. The number of aromatic nitrogens is 1. The van der Waals surface area contributed by atoms with Crippen molar-refractivity contribution in [1.82, 2.24) is 4.40 Å². The van der Waals surface area contributed by atoms with Gasteiger partial charge in [0, 0.05) is 75.2 Å². The predicted molar refractivity (Wildman–Crippen MR) is 368 cm³/mol. The molecule has 0 fully saturated rings. The lowest BCUT2D eigenvalue weighted by atomic mass is 9.92. The van der Waals surface area contributed by atoms with Gasteiger partial charge in [-0.1, -0.05) is 170 Å². The van der Waals surface area contributed by atoms with E-state index in [0.29, 0.717) is 0 Å². The first-order valence-corrected chi connectivity index (χ1v) is 31.0. The smallest absolute Gasteiger partial charge is 0.0640 e. The minimum atomic E-state index is 0.926. The second kappa shape index (κ2) is 19.1. The zero-order valence-electron chi connectivity index (χ0n) is 46.2. The van der Waals surface area contributed by atoms with E-state index in [1.54, 1.807) is 0 Å². The molecule has 5 heteroatoms. The Morgan fingerprint density at radius 3 is 1.36 bits per heavy atom. The Bertz CT molecular complexity index is 5590. The summed E-state index contributed by atoms with van der Waals surface area (Å²) in [6.45, 7) is 0. The molecule has 85 heavy (non-hydrogen) atoms. The van der Waals surface area contributed by atoms with Gasteiger partial charge in [0.15, 0.2) is 0 Å². The number of hydrogen-bond donors (Lipinski definition) is 0. The number of thiophene rings is 2. The van der Waals surface area contributed by atoms with Crippen molar-refractivity contribution >= 4 is 157 Å². The molecule has 0 saturated carbocycles. The molecule has 18 rings (SSSR count). The van der Waals surface area contributed by atoms with Crippen LogP contribution in [0.1, 0.15) is 18.4 Å². The van der Waals surface area contributed by atoms with Crippen LogP contribution in [0.5, 0.6) is 0 Å². The molecule has 4 aromatic heterocycles. The fourth-order valence-corrected chi connectivity index (χ4v) is 16.3. The highest BCUT2D eigenvalue weighted by Gasteiger charge is 2.25. The highest BCUT2D eigenvalue weighted by atomic mass is 32.1. The summed E-state index contributed by atoms with van der Waals surface area (Å²) >= 11 is 3.76. The van der Waals surface area contributed by atoms with E-state index >= 15 is 0 Å². The van der Waals surface area contributed by atoms with Crippen LogP contribution >= 0.6 is 22.7 Å². The fourth-order valence-electron chi connectivity index (χ4n) is 13.9. The molecule has 0 unspecified atom stereocenters. The second-order valence-corrected chi connectivity index (χ2v) is 24.8. The van der Waals surface area contributed by atoms with Crippen LogP contribution in [0.15, 0.2) is 291 Å². The van der Waals surface area contributed by atoms with E-state index in [1.807, 2.05) is 22.7 Å². The number of benzene rings is 13. The fraction of sp³-hybridized carbons (Fsp3) is 0.0250. The monoisotopic (exact) mass is 1120 g/mol. The molecule has 0 N–H and O–H groups in total. The Kier molecular flexibility index (Phi) is 10.9. The summed E-state index contributed by atoms with van der Waals surface area (Å²) in [5.74, 6) is 0. The first-order chi connectivity index (χ1) is 42.1. The number of fused-ring (bicyclic) bond motifs is 14. The molecule has 0 amide bonds. The highest BCUT2D eigenvalue weighted by molar-refractivity contribution is 7.26. The van der Waals surface area contributed by atoms with Gasteiger partial charge in [0.1, 0.15) is 0 Å². The number of nitrogens with zero attached hydrogens (tertiary/aromatic N) is 3. The summed E-state index contributed by atoms with van der Waals surface area (Å²) in [4.78, 5) is 4.90. The number of hydrogen-bond acceptors (Lipinski definition) is 4. The quantitative estimate of drug-likeness (QED) is 0.143. The van der Waals surface area contributed by atoms with Gasteiger partial charge in [-0.15, -0.1) is 22.7 Å². The SMILES string of the molecule is C1=C(c2ccc3cc4c5cc(-c6ccccc6)cc6c7cc8ccc(-c9ccc(N(c%10ccccc%10)c%10cccc%11c%10sc%10ccccc%10%11)cc9)cc8cc7n(c4cc3c2)c56)CCC(N(c2ccccc2)c2cccc3c2sc2ccccc23)=C1. The van der Waals surface area contributed by atoms with Crippen molar-refractivity contribution in [3.8, 4) is 22.3 Å². The first kappa shape index (κ1) is 48.3. The van der Waals surface area contributed by atoms with Crippen LogP contribution in [-0.4, -0.2) is 4.40 Å². The number of anilines is 5. The van der Waals surface area contributed by atoms with Crippen LogP contribution in [0.25, 0.3) is 128 Å². The maximum Gasteiger partial charge on any atom is 0.0640 e. The van der Waals surface area contributed by atoms with Crippen molar-refractivity contribution in [2.45, 2.75) is 12.8 Å². The van der Waals surface area contributed by atoms with Crippen LogP contribution in [0.3, 0.4) is 0 Å². The summed E-state index contributed by atoms with van der Waals surface area (Å²) in [5.41, 5.74) is 18.4. The van der Waals surface area contributed by atoms with E-state index in [9.17, 15) is 0 Å². The van der Waals surface area contributed by atoms with E-state index in [2.05, 4.69) is 299 Å². The van der Waals surface area contributed by atoms with Crippen molar-refractivity contribution in [3.63, 3.8) is 0 Å². The summed E-state index contributed by atoms with van der Waals surface area (Å²) in [6.07, 6.45) is 6.61. The zero-order chi connectivity index (χ0) is 55.7. The van der Waals surface area contributed by atoms with E-state index in [1.165, 1.54) is 156 Å². The van der Waals surface area contributed by atoms with Crippen LogP contribution < -0.4 is 9.80 Å². The van der Waals surface area contributed by atoms with Gasteiger partial charge in [0.25, 0.3) is 0 Å². The Morgan fingerprint density at radius 2 is 0.776 bits per heavy atom. The molecular weight excluding hydrogens is 1070 g/mol. The molecule has 398 valence electrons. The molecule has 3 nitrogen and oxygen atoms in total. The van der Waals surface area contributed by atoms with Crippen molar-refractivity contribution in [1.29, 1.82) is 0 Å². The maximum absolute atomic E-state index is 2.57. The third kappa shape index (κ3) is 7.71. The molecular formula is C80H51N3S2. The molecule has 0 bridgehead atoms. The third-order valence-electron chi connectivity index (χ3n) is 17.9. The Balaban J connectivity index is 0.745. The van der Waals surface area contributed by atoms with Crippen molar-refractivity contribution in [2.75, 3.05) is 9.80 Å². The predicted octanol–water partition coefficient (Wildman–Crippen LogP) is 23.6. The summed E-state index contributed by atoms with van der Waals surface area (Å²) in [5, 5.41) is 15.3. The summed E-state index contributed by atoms with van der Waals surface area (Å²) in [7, 11) is 0. The molecule has 0 aliphatic heterocycles. The molecule has 4 heterocycles. The molecule has 0 saturated heterocycles. The first-order valence-electron chi connectivity index (χ1n) is 29.3. The topological polar surface area (TPSA) is 10.9 Å². The summed E-state index contributed by atoms with van der Waals surface area (Å²) in [6, 6.07) is 102. The van der Waals surface area contributed by atoms with Gasteiger partial charge < -0.3 is 14.2 Å². The van der Waals surface area contributed by atoms with Crippen LogP contribution in [-0.2, 0) is 0 Å². The number of rotatable bonds is 9. The average Bonchev–Trinajstić information content (AvgIpc) is 2.00. The van der Waals surface area contributed by atoms with E-state index in [0.717, 1.165) is 24.2 Å².